The van der Waals surface area contributed by atoms with Crippen molar-refractivity contribution in [3.05, 3.63) is 78.3 Å². The fourth-order valence-electron chi connectivity index (χ4n) is 3.27. The molecule has 9 nitrogen and oxygen atoms in total. The zero-order valence-electron chi connectivity index (χ0n) is 19.0. The molecular formula is C24H24Cl2N4O5. The molecule has 0 bridgehead atoms. The van der Waals surface area contributed by atoms with E-state index in [1.165, 1.54) is 12.4 Å². The van der Waals surface area contributed by atoms with E-state index in [2.05, 4.69) is 20.9 Å². The van der Waals surface area contributed by atoms with Gasteiger partial charge in [-0.15, -0.1) is 0 Å². The lowest BCUT2D eigenvalue weighted by Crippen LogP contribution is -2.42. The fourth-order valence-corrected chi connectivity index (χ4v) is 3.81. The molecule has 2 aromatic carbocycles. The lowest BCUT2D eigenvalue weighted by molar-refractivity contribution is -0.137. The van der Waals surface area contributed by atoms with Crippen molar-refractivity contribution in [3.63, 3.8) is 0 Å². The number of nitrogens with one attached hydrogen (secondary N) is 3. The van der Waals surface area contributed by atoms with Crippen LogP contribution in [-0.4, -0.2) is 34.6 Å². The number of hydrogen-bond donors (Lipinski definition) is 4. The monoisotopic (exact) mass is 518 g/mol. The highest BCUT2D eigenvalue weighted by Crippen LogP contribution is 2.24. The Morgan fingerprint density at radius 3 is 2.20 bits per heavy atom. The van der Waals surface area contributed by atoms with Crippen molar-refractivity contribution >= 4 is 52.1 Å². The molecule has 3 aromatic rings. The van der Waals surface area contributed by atoms with E-state index in [9.17, 15) is 24.3 Å². The second-order valence-corrected chi connectivity index (χ2v) is 8.99. The maximum absolute atomic E-state index is 12.5. The fraction of sp³-hybridized carbons (Fsp3) is 0.292. The van der Waals surface area contributed by atoms with Crippen molar-refractivity contribution in [1.29, 1.82) is 0 Å². The zero-order chi connectivity index (χ0) is 25.7. The standard InChI is InChI=1S/C24H24Cl2N4O5/c1-3-12(2)9-28-19-20(22(32)21(19)31)30-17(24(34)35)8-13-4-6-14(7-5-13)29-23(33)18-15(25)10-27-11-16(18)26/h4-7,10-12,17,28,30H,3,8-9H2,1-2H3,(H,29,33)(H,34,35)/t12-,17-/m0/s1. The van der Waals surface area contributed by atoms with Gasteiger partial charge in [0, 0.05) is 31.0 Å². The normalized spacial score (nSPS) is 12.7. The molecule has 0 unspecified atom stereocenters. The molecule has 0 saturated heterocycles. The summed E-state index contributed by atoms with van der Waals surface area (Å²) in [7, 11) is 0. The number of hydrogen-bond acceptors (Lipinski definition) is 7. The molecule has 1 heterocycles. The van der Waals surface area contributed by atoms with Gasteiger partial charge < -0.3 is 21.1 Å². The lowest BCUT2D eigenvalue weighted by Gasteiger charge is -2.21. The smallest absolute Gasteiger partial charge is 0.326 e. The summed E-state index contributed by atoms with van der Waals surface area (Å²) in [6.07, 6.45) is 3.55. The van der Waals surface area contributed by atoms with Crippen molar-refractivity contribution in [3.8, 4) is 0 Å². The first-order chi connectivity index (χ1) is 16.6. The Kier molecular flexibility index (Phi) is 8.48. The zero-order valence-corrected chi connectivity index (χ0v) is 20.5. The number of carboxylic acid groups (broad SMARTS) is 1. The van der Waals surface area contributed by atoms with Crippen LogP contribution in [0.4, 0.5) is 17.1 Å². The maximum atomic E-state index is 12.5. The van der Waals surface area contributed by atoms with Crippen molar-refractivity contribution in [2.45, 2.75) is 32.7 Å². The molecule has 0 saturated carbocycles. The van der Waals surface area contributed by atoms with Crippen molar-refractivity contribution in [2.75, 3.05) is 22.5 Å². The van der Waals surface area contributed by atoms with E-state index >= 15 is 0 Å². The molecule has 1 aromatic heterocycles. The van der Waals surface area contributed by atoms with Crippen LogP contribution < -0.4 is 26.8 Å². The molecule has 0 spiro atoms. The van der Waals surface area contributed by atoms with E-state index in [-0.39, 0.29) is 39.3 Å². The van der Waals surface area contributed by atoms with Crippen molar-refractivity contribution in [1.82, 2.24) is 4.98 Å². The van der Waals surface area contributed by atoms with Crippen LogP contribution in [0.3, 0.4) is 0 Å². The van der Waals surface area contributed by atoms with Crippen LogP contribution >= 0.6 is 23.2 Å². The molecule has 1 amide bonds. The second kappa shape index (κ2) is 11.3. The summed E-state index contributed by atoms with van der Waals surface area (Å²) in [6.45, 7) is 4.50. The van der Waals surface area contributed by atoms with Crippen LogP contribution in [0.5, 0.6) is 0 Å². The van der Waals surface area contributed by atoms with Crippen molar-refractivity contribution < 1.29 is 14.7 Å². The van der Waals surface area contributed by atoms with Gasteiger partial charge in [0.1, 0.15) is 17.4 Å². The topological polar surface area (TPSA) is 137 Å². The van der Waals surface area contributed by atoms with Crippen LogP contribution in [-0.2, 0) is 11.2 Å². The Balaban J connectivity index is 1.68. The van der Waals surface area contributed by atoms with Crippen LogP contribution in [0, 0.1) is 5.92 Å². The summed E-state index contributed by atoms with van der Waals surface area (Å²) < 4.78 is 0. The largest absolute Gasteiger partial charge is 0.480 e. The first-order valence-corrected chi connectivity index (χ1v) is 11.6. The molecule has 3 rings (SSSR count). The number of aromatic nitrogens is 1. The number of carbonyl (C=O) groups is 2. The number of rotatable bonds is 11. The summed E-state index contributed by atoms with van der Waals surface area (Å²) in [5.74, 6) is -1.41. The van der Waals surface area contributed by atoms with Gasteiger partial charge in [0.15, 0.2) is 0 Å². The van der Waals surface area contributed by atoms with Crippen LogP contribution in [0.15, 0.2) is 46.2 Å². The first kappa shape index (κ1) is 26.2. The second-order valence-electron chi connectivity index (χ2n) is 8.17. The minimum absolute atomic E-state index is 0.0132. The summed E-state index contributed by atoms with van der Waals surface area (Å²) in [4.78, 5) is 52.1. The molecule has 0 fully saturated rings. The Bertz CT molecular complexity index is 1280. The van der Waals surface area contributed by atoms with Gasteiger partial charge in [0.25, 0.3) is 16.8 Å². The number of anilines is 3. The Hall–Kier alpha value is -3.43. The third kappa shape index (κ3) is 6.17. The molecule has 0 aliphatic heterocycles. The van der Waals surface area contributed by atoms with E-state index < -0.39 is 28.8 Å². The highest BCUT2D eigenvalue weighted by molar-refractivity contribution is 6.40. The van der Waals surface area contributed by atoms with Gasteiger partial charge in [-0.3, -0.25) is 19.4 Å². The number of aliphatic carboxylic acids is 1. The number of carboxylic acids is 1. The minimum Gasteiger partial charge on any atom is -0.480 e. The van der Waals surface area contributed by atoms with E-state index in [4.69, 9.17) is 23.2 Å². The lowest BCUT2D eigenvalue weighted by atomic mass is 10.0. The van der Waals surface area contributed by atoms with Gasteiger partial charge in [-0.2, -0.15) is 0 Å². The number of benzene rings is 1. The van der Waals surface area contributed by atoms with Gasteiger partial charge in [-0.25, -0.2) is 4.79 Å². The van der Waals surface area contributed by atoms with Crippen LogP contribution in [0.25, 0.3) is 0 Å². The van der Waals surface area contributed by atoms with Gasteiger partial charge in [0.05, 0.1) is 15.6 Å². The summed E-state index contributed by atoms with van der Waals surface area (Å²) >= 11 is 12.0. The highest BCUT2D eigenvalue weighted by atomic mass is 35.5. The average molecular weight is 519 g/mol. The van der Waals surface area contributed by atoms with Crippen molar-refractivity contribution in [2.24, 2.45) is 5.92 Å². The quantitative estimate of drug-likeness (QED) is 0.281. The maximum Gasteiger partial charge on any atom is 0.326 e. The number of carbonyl (C=O) groups excluding carboxylic acids is 1. The average Bonchev–Trinajstić information content (AvgIpc) is 2.83. The van der Waals surface area contributed by atoms with Crippen LogP contribution in [0.2, 0.25) is 10.0 Å². The number of pyridine rings is 1. The van der Waals surface area contributed by atoms with Crippen LogP contribution in [0.1, 0.15) is 36.2 Å². The summed E-state index contributed by atoms with van der Waals surface area (Å²) in [5.41, 5.74) is -0.122. The van der Waals surface area contributed by atoms with E-state index in [1.807, 2.05) is 13.8 Å². The molecule has 0 aliphatic rings. The highest BCUT2D eigenvalue weighted by Gasteiger charge is 2.27. The van der Waals surface area contributed by atoms with Gasteiger partial charge in [0.2, 0.25) is 0 Å². The number of amides is 1. The molecule has 35 heavy (non-hydrogen) atoms. The summed E-state index contributed by atoms with van der Waals surface area (Å²) in [5, 5.41) is 18.2. The third-order valence-corrected chi connectivity index (χ3v) is 6.16. The minimum atomic E-state index is -1.18. The number of nitrogens with zero attached hydrogens (tertiary/aromatic N) is 1. The third-order valence-electron chi connectivity index (χ3n) is 5.58. The Morgan fingerprint density at radius 2 is 1.63 bits per heavy atom. The predicted octanol–water partition coefficient (Wildman–Crippen LogP) is 3.80. The first-order valence-electron chi connectivity index (χ1n) is 10.9. The summed E-state index contributed by atoms with van der Waals surface area (Å²) in [6, 6.07) is 5.36. The predicted molar refractivity (Wildman–Crippen MR) is 137 cm³/mol. The van der Waals surface area contributed by atoms with E-state index in [1.54, 1.807) is 24.3 Å². The SMILES string of the molecule is CC[C@H](C)CNc1c(N[C@@H](Cc2ccc(NC(=O)c3c(Cl)cncc3Cl)cc2)C(=O)O)c(=O)c1=O. The Morgan fingerprint density at radius 1 is 1.03 bits per heavy atom. The number of halogens is 2. The van der Waals surface area contributed by atoms with Gasteiger partial charge >= 0.3 is 5.97 Å². The van der Waals surface area contributed by atoms with E-state index in [0.717, 1.165) is 6.42 Å². The molecular weight excluding hydrogens is 495 g/mol. The molecule has 2 atom stereocenters. The van der Waals surface area contributed by atoms with Gasteiger partial charge in [-0.1, -0.05) is 55.6 Å². The molecule has 4 N–H and O–H groups in total. The molecule has 184 valence electrons. The Labute approximate surface area is 211 Å². The molecule has 11 heteroatoms. The molecule has 0 aliphatic carbocycles. The van der Waals surface area contributed by atoms with E-state index in [0.29, 0.717) is 17.8 Å². The molecule has 0 radical (unpaired) electrons. The van der Waals surface area contributed by atoms with Gasteiger partial charge in [-0.05, 0) is 23.6 Å².